The van der Waals surface area contributed by atoms with Gasteiger partial charge in [-0.15, -0.1) is 0 Å². The van der Waals surface area contributed by atoms with Crippen LogP contribution in [0.2, 0.25) is 0 Å². The van der Waals surface area contributed by atoms with Gasteiger partial charge in [0.1, 0.15) is 17.1 Å². The SMILES string of the molecule is COc1ccc2c(c1)CC[C@@]1(CCNC1)O2. The average molecular weight is 219 g/mol. The molecule has 2 aliphatic heterocycles. The van der Waals surface area contributed by atoms with Gasteiger partial charge in [-0.05, 0) is 43.1 Å². The monoisotopic (exact) mass is 219 g/mol. The molecule has 0 saturated carbocycles. The molecule has 0 aromatic heterocycles. The molecule has 1 N–H and O–H groups in total. The van der Waals surface area contributed by atoms with E-state index in [1.54, 1.807) is 7.11 Å². The summed E-state index contributed by atoms with van der Waals surface area (Å²) < 4.78 is 11.4. The van der Waals surface area contributed by atoms with Gasteiger partial charge in [0.25, 0.3) is 0 Å². The fraction of sp³-hybridized carbons (Fsp3) is 0.538. The van der Waals surface area contributed by atoms with E-state index in [2.05, 4.69) is 11.4 Å². The highest BCUT2D eigenvalue weighted by molar-refractivity contribution is 5.42. The summed E-state index contributed by atoms with van der Waals surface area (Å²) in [6.45, 7) is 2.06. The lowest BCUT2D eigenvalue weighted by molar-refractivity contribution is 0.0663. The first-order valence-electron chi connectivity index (χ1n) is 5.88. The molecule has 16 heavy (non-hydrogen) atoms. The third-order valence-electron chi connectivity index (χ3n) is 3.65. The smallest absolute Gasteiger partial charge is 0.123 e. The molecule has 0 aliphatic carbocycles. The number of aryl methyl sites for hydroxylation is 1. The molecule has 86 valence electrons. The average Bonchev–Trinajstić information content (AvgIpc) is 2.77. The quantitative estimate of drug-likeness (QED) is 0.780. The second-order valence-electron chi connectivity index (χ2n) is 4.69. The summed E-state index contributed by atoms with van der Waals surface area (Å²) in [5, 5.41) is 3.39. The van der Waals surface area contributed by atoms with Crippen molar-refractivity contribution >= 4 is 0 Å². The van der Waals surface area contributed by atoms with Gasteiger partial charge >= 0.3 is 0 Å². The van der Waals surface area contributed by atoms with Crippen LogP contribution in [-0.2, 0) is 6.42 Å². The first-order chi connectivity index (χ1) is 7.81. The van der Waals surface area contributed by atoms with Gasteiger partial charge in [-0.2, -0.15) is 0 Å². The Balaban J connectivity index is 1.89. The molecule has 3 nitrogen and oxygen atoms in total. The van der Waals surface area contributed by atoms with E-state index in [0.29, 0.717) is 0 Å². The van der Waals surface area contributed by atoms with Gasteiger partial charge in [-0.3, -0.25) is 0 Å². The van der Waals surface area contributed by atoms with Crippen molar-refractivity contribution in [1.82, 2.24) is 5.32 Å². The highest BCUT2D eigenvalue weighted by Gasteiger charge is 2.38. The molecule has 3 heteroatoms. The van der Waals surface area contributed by atoms with Crippen LogP contribution in [0.5, 0.6) is 11.5 Å². The fourth-order valence-corrected chi connectivity index (χ4v) is 2.65. The molecule has 0 amide bonds. The maximum atomic E-state index is 6.16. The maximum absolute atomic E-state index is 6.16. The third-order valence-corrected chi connectivity index (χ3v) is 3.65. The summed E-state index contributed by atoms with van der Waals surface area (Å²) in [5.74, 6) is 1.96. The minimum absolute atomic E-state index is 0.0571. The number of hydrogen-bond acceptors (Lipinski definition) is 3. The first kappa shape index (κ1) is 9.97. The van der Waals surface area contributed by atoms with Crippen LogP contribution in [0.15, 0.2) is 18.2 Å². The third kappa shape index (κ3) is 1.55. The first-order valence-corrected chi connectivity index (χ1v) is 5.88. The van der Waals surface area contributed by atoms with Crippen molar-refractivity contribution < 1.29 is 9.47 Å². The Kier molecular flexibility index (Phi) is 2.28. The van der Waals surface area contributed by atoms with Crippen molar-refractivity contribution in [1.29, 1.82) is 0 Å². The minimum atomic E-state index is 0.0571. The molecular weight excluding hydrogens is 202 g/mol. The van der Waals surface area contributed by atoms with Crippen LogP contribution in [-0.4, -0.2) is 25.8 Å². The van der Waals surface area contributed by atoms with Crippen molar-refractivity contribution in [2.45, 2.75) is 24.9 Å². The Morgan fingerprint density at radius 3 is 3.06 bits per heavy atom. The van der Waals surface area contributed by atoms with E-state index in [-0.39, 0.29) is 5.60 Å². The highest BCUT2D eigenvalue weighted by Crippen LogP contribution is 2.37. The largest absolute Gasteiger partial charge is 0.497 e. The summed E-state index contributed by atoms with van der Waals surface area (Å²) in [5.41, 5.74) is 1.33. The van der Waals surface area contributed by atoms with E-state index >= 15 is 0 Å². The number of methoxy groups -OCH3 is 1. The summed E-state index contributed by atoms with van der Waals surface area (Å²) in [7, 11) is 1.70. The molecule has 1 saturated heterocycles. The van der Waals surface area contributed by atoms with Crippen LogP contribution < -0.4 is 14.8 Å². The molecule has 0 unspecified atom stereocenters. The van der Waals surface area contributed by atoms with Crippen molar-refractivity contribution in [2.75, 3.05) is 20.2 Å². The minimum Gasteiger partial charge on any atom is -0.497 e. The van der Waals surface area contributed by atoms with Crippen molar-refractivity contribution in [3.8, 4) is 11.5 Å². The predicted molar refractivity (Wildman–Crippen MR) is 62.2 cm³/mol. The van der Waals surface area contributed by atoms with E-state index in [4.69, 9.17) is 9.47 Å². The topological polar surface area (TPSA) is 30.5 Å². The number of ether oxygens (including phenoxy) is 2. The molecule has 2 heterocycles. The number of rotatable bonds is 1. The molecule has 0 radical (unpaired) electrons. The van der Waals surface area contributed by atoms with E-state index in [9.17, 15) is 0 Å². The van der Waals surface area contributed by atoms with Gasteiger partial charge in [0.05, 0.1) is 7.11 Å². The summed E-state index contributed by atoms with van der Waals surface area (Å²) in [6, 6.07) is 6.10. The van der Waals surface area contributed by atoms with Crippen molar-refractivity contribution in [3.05, 3.63) is 23.8 Å². The Morgan fingerprint density at radius 1 is 1.38 bits per heavy atom. The number of fused-ring (bicyclic) bond motifs is 1. The van der Waals surface area contributed by atoms with Crippen molar-refractivity contribution in [3.63, 3.8) is 0 Å². The van der Waals surface area contributed by atoms with Crippen LogP contribution in [0.1, 0.15) is 18.4 Å². The van der Waals surface area contributed by atoms with Crippen LogP contribution in [0.25, 0.3) is 0 Å². The zero-order valence-corrected chi connectivity index (χ0v) is 9.58. The van der Waals surface area contributed by atoms with Gasteiger partial charge in [0, 0.05) is 13.0 Å². The van der Waals surface area contributed by atoms with E-state index in [1.165, 1.54) is 5.56 Å². The van der Waals surface area contributed by atoms with E-state index in [1.807, 2.05) is 12.1 Å². The van der Waals surface area contributed by atoms with Gasteiger partial charge in [-0.1, -0.05) is 0 Å². The fourth-order valence-electron chi connectivity index (χ4n) is 2.65. The molecular formula is C13H17NO2. The molecule has 1 atom stereocenters. The van der Waals surface area contributed by atoms with Crippen LogP contribution in [0.4, 0.5) is 0 Å². The second kappa shape index (κ2) is 3.67. The van der Waals surface area contributed by atoms with Gasteiger partial charge in [0.2, 0.25) is 0 Å². The molecule has 3 rings (SSSR count). The van der Waals surface area contributed by atoms with Crippen LogP contribution in [0.3, 0.4) is 0 Å². The standard InChI is InChI=1S/C13H17NO2/c1-15-11-2-3-12-10(8-11)4-5-13(16-12)6-7-14-9-13/h2-3,8,14H,4-7,9H2,1H3/t13-/m0/s1. The predicted octanol–water partition coefficient (Wildman–Crippen LogP) is 1.75. The van der Waals surface area contributed by atoms with E-state index in [0.717, 1.165) is 43.9 Å². The molecule has 1 fully saturated rings. The lowest BCUT2D eigenvalue weighted by Gasteiger charge is -2.35. The van der Waals surface area contributed by atoms with Gasteiger partial charge in [-0.25, -0.2) is 0 Å². The summed E-state index contributed by atoms with van der Waals surface area (Å²) in [6.07, 6.45) is 3.33. The Hall–Kier alpha value is -1.22. The lowest BCUT2D eigenvalue weighted by Crippen LogP contribution is -2.41. The zero-order chi connectivity index (χ0) is 11.0. The summed E-state index contributed by atoms with van der Waals surface area (Å²) >= 11 is 0. The Morgan fingerprint density at radius 2 is 2.31 bits per heavy atom. The lowest BCUT2D eigenvalue weighted by atomic mass is 9.90. The Bertz CT molecular complexity index is 397. The van der Waals surface area contributed by atoms with Crippen LogP contribution >= 0.6 is 0 Å². The molecule has 1 aromatic carbocycles. The summed E-state index contributed by atoms with van der Waals surface area (Å²) in [4.78, 5) is 0. The van der Waals surface area contributed by atoms with Gasteiger partial charge in [0.15, 0.2) is 0 Å². The number of benzene rings is 1. The second-order valence-corrected chi connectivity index (χ2v) is 4.69. The van der Waals surface area contributed by atoms with E-state index < -0.39 is 0 Å². The van der Waals surface area contributed by atoms with Gasteiger partial charge < -0.3 is 14.8 Å². The maximum Gasteiger partial charge on any atom is 0.123 e. The number of hydrogen-bond donors (Lipinski definition) is 1. The normalized spacial score (nSPS) is 27.6. The number of nitrogens with one attached hydrogen (secondary N) is 1. The molecule has 2 aliphatic rings. The molecule has 1 spiro atoms. The van der Waals surface area contributed by atoms with Crippen molar-refractivity contribution in [2.24, 2.45) is 0 Å². The highest BCUT2D eigenvalue weighted by atomic mass is 16.5. The molecule has 0 bridgehead atoms. The van der Waals surface area contributed by atoms with Crippen LogP contribution in [0, 0.1) is 0 Å². The Labute approximate surface area is 95.8 Å². The molecule has 1 aromatic rings. The zero-order valence-electron chi connectivity index (χ0n) is 9.58.